The Hall–Kier alpha value is -4.86. The molecule has 0 N–H and O–H groups in total. The Balaban J connectivity index is 0.000000201. The smallest absolute Gasteiger partial charge is 0.0273 e. The van der Waals surface area contributed by atoms with Gasteiger partial charge in [-0.25, -0.2) is 0 Å². The molecule has 1 aliphatic heterocycles. The summed E-state index contributed by atoms with van der Waals surface area (Å²) < 4.78 is 1.92. The Kier molecular flexibility index (Phi) is 14.7. The van der Waals surface area contributed by atoms with Crippen LogP contribution >= 0.6 is 19.4 Å². The van der Waals surface area contributed by atoms with Crippen LogP contribution in [0, 0.1) is 48.2 Å². The normalized spacial score (nSPS) is 14.8. The van der Waals surface area contributed by atoms with Gasteiger partial charge in [-0.05, 0) is 98.2 Å². The van der Waals surface area contributed by atoms with Gasteiger partial charge in [-0.15, -0.1) is 0 Å². The van der Waals surface area contributed by atoms with Gasteiger partial charge in [0.25, 0.3) is 0 Å². The van der Waals surface area contributed by atoms with Gasteiger partial charge in [0.1, 0.15) is 0 Å². The van der Waals surface area contributed by atoms with Crippen molar-refractivity contribution in [1.82, 2.24) is 4.98 Å². The van der Waals surface area contributed by atoms with E-state index in [-0.39, 0.29) is 12.1 Å². The molecule has 0 radical (unpaired) electrons. The Labute approximate surface area is 353 Å². The van der Waals surface area contributed by atoms with Crippen LogP contribution in [0.15, 0.2) is 170 Å². The number of hydrogen-bond acceptors (Lipinski definition) is 3. The fraction of sp³-hybridized carbons (Fsp3) is 0.157. The van der Waals surface area contributed by atoms with E-state index < -0.39 is 13.5 Å². The number of aromatic nitrogens is 1. The molecule has 8 rings (SSSR count). The van der Waals surface area contributed by atoms with E-state index >= 15 is 0 Å². The molecule has 292 valence electrons. The summed E-state index contributed by atoms with van der Waals surface area (Å²) in [5.74, 6) is 0. The van der Waals surface area contributed by atoms with Crippen LogP contribution < -0.4 is 9.80 Å². The van der Waals surface area contributed by atoms with E-state index in [1.54, 1.807) is 0 Å². The molecule has 57 heavy (non-hydrogen) atoms. The van der Waals surface area contributed by atoms with Crippen LogP contribution in [0.25, 0.3) is 11.1 Å². The Bertz CT molecular complexity index is 2180. The zero-order chi connectivity index (χ0) is 40.3. The maximum Gasteiger partial charge on any atom is 0.0273 e. The topological polar surface area (TPSA) is 19.4 Å². The summed E-state index contributed by atoms with van der Waals surface area (Å²) in [6.45, 7) is 15.7. The van der Waals surface area contributed by atoms with Crippen LogP contribution in [0.2, 0.25) is 0 Å². The number of nitrogens with zero attached hydrogens (tertiary/aromatic N) is 3. The molecular weight excluding hydrogens is 827 g/mol. The number of aryl methyl sites for hydroxylation is 6. The number of benzene rings is 6. The molecular formula is C51H50Cl2N3Ru-. The van der Waals surface area contributed by atoms with Gasteiger partial charge in [0.05, 0.1) is 12.1 Å². The minimum Gasteiger partial charge on any atom is -0.265 e. The molecule has 0 spiro atoms. The molecule has 2 atom stereocenters. The van der Waals surface area contributed by atoms with Crippen molar-refractivity contribution in [3.8, 4) is 11.1 Å². The summed E-state index contributed by atoms with van der Waals surface area (Å²) in [4.78, 5) is 9.02. The molecule has 2 heterocycles. The van der Waals surface area contributed by atoms with Crippen molar-refractivity contribution in [1.29, 1.82) is 0 Å². The van der Waals surface area contributed by atoms with E-state index in [9.17, 15) is 0 Å². The van der Waals surface area contributed by atoms with Crippen molar-refractivity contribution in [3.05, 3.63) is 227 Å². The van der Waals surface area contributed by atoms with Gasteiger partial charge in [0.2, 0.25) is 0 Å². The molecule has 0 aliphatic carbocycles. The minimum absolute atomic E-state index is 0.138. The zero-order valence-corrected chi connectivity index (χ0v) is 36.7. The van der Waals surface area contributed by atoms with E-state index in [2.05, 4.69) is 160 Å². The van der Waals surface area contributed by atoms with Crippen molar-refractivity contribution >= 4 is 35.4 Å². The first-order valence-corrected chi connectivity index (χ1v) is 24.6. The van der Waals surface area contributed by atoms with E-state index in [4.69, 9.17) is 19.4 Å². The van der Waals surface area contributed by atoms with Crippen LogP contribution in [0.5, 0.6) is 0 Å². The number of halogens is 2. The van der Waals surface area contributed by atoms with Crippen LogP contribution in [-0.2, 0) is 13.5 Å². The Morgan fingerprint density at radius 3 is 1.23 bits per heavy atom. The molecule has 2 unspecified atom stereocenters. The molecule has 1 saturated heterocycles. The van der Waals surface area contributed by atoms with Gasteiger partial charge < -0.3 is 9.80 Å². The molecule has 0 saturated carbocycles. The molecule has 1 aromatic heterocycles. The Morgan fingerprint density at radius 1 is 0.491 bits per heavy atom. The fourth-order valence-electron chi connectivity index (χ4n) is 7.91. The Morgan fingerprint density at radius 2 is 0.842 bits per heavy atom. The predicted octanol–water partition coefficient (Wildman–Crippen LogP) is 14.0. The van der Waals surface area contributed by atoms with Crippen molar-refractivity contribution in [2.45, 2.75) is 53.6 Å². The van der Waals surface area contributed by atoms with Crippen LogP contribution in [0.1, 0.15) is 62.2 Å². The second kappa shape index (κ2) is 20.0. The maximum atomic E-state index is 5.67. The summed E-state index contributed by atoms with van der Waals surface area (Å²) in [5, 5.41) is 0. The summed E-state index contributed by atoms with van der Waals surface area (Å²) in [5.41, 5.74) is 16.7. The molecule has 1 aliphatic rings. The van der Waals surface area contributed by atoms with Gasteiger partial charge >= 0.3 is 73.4 Å². The van der Waals surface area contributed by atoms with Gasteiger partial charge in [-0.1, -0.05) is 126 Å². The third-order valence-corrected chi connectivity index (χ3v) is 11.9. The molecule has 1 fully saturated rings. The first-order chi connectivity index (χ1) is 27.6. The minimum atomic E-state index is -1.61. The molecule has 6 aromatic carbocycles. The molecule has 3 nitrogen and oxygen atoms in total. The summed E-state index contributed by atoms with van der Waals surface area (Å²) in [6, 6.07) is 55.7. The van der Waals surface area contributed by atoms with E-state index in [1.165, 1.54) is 67.0 Å². The van der Waals surface area contributed by atoms with Crippen molar-refractivity contribution in [2.24, 2.45) is 0 Å². The zero-order valence-electron chi connectivity index (χ0n) is 33.4. The van der Waals surface area contributed by atoms with Crippen molar-refractivity contribution in [2.75, 3.05) is 9.80 Å². The van der Waals surface area contributed by atoms with Crippen LogP contribution in [0.4, 0.5) is 11.4 Å². The predicted molar refractivity (Wildman–Crippen MR) is 242 cm³/mol. The first-order valence-electron chi connectivity index (χ1n) is 19.1. The average Bonchev–Trinajstić information content (AvgIpc) is 3.58. The monoisotopic (exact) mass is 876 g/mol. The van der Waals surface area contributed by atoms with Crippen LogP contribution in [-0.4, -0.2) is 9.59 Å². The van der Waals surface area contributed by atoms with Crippen molar-refractivity contribution in [3.63, 3.8) is 0 Å². The third kappa shape index (κ3) is 10.8. The number of anilines is 2. The SMILES string of the molecule is Cc1cc(C)c(N2[CH-]N(c3c(C)cc(C)cc3C)C(c3ccccc3)C2c2ccccc2)c(C)c1.[Cl][Ru]([Cl])=[CH]c1ccccc1.c1ccc(-c2ccncc2)cc1. The summed E-state index contributed by atoms with van der Waals surface area (Å²) >= 11 is -1.61. The number of pyridine rings is 1. The van der Waals surface area contributed by atoms with Crippen molar-refractivity contribution < 1.29 is 13.5 Å². The number of hydrogen-bond donors (Lipinski definition) is 0. The van der Waals surface area contributed by atoms with Crippen LogP contribution in [0.3, 0.4) is 0 Å². The summed E-state index contributed by atoms with van der Waals surface area (Å²) in [7, 11) is 11.3. The largest absolute Gasteiger partial charge is 0.265 e. The number of rotatable bonds is 6. The molecule has 7 aromatic rings. The van der Waals surface area contributed by atoms with E-state index in [0.717, 1.165) is 5.56 Å². The second-order valence-electron chi connectivity index (χ2n) is 14.5. The van der Waals surface area contributed by atoms with Gasteiger partial charge in [-0.2, -0.15) is 6.67 Å². The van der Waals surface area contributed by atoms with Gasteiger partial charge in [0, 0.05) is 23.8 Å². The summed E-state index contributed by atoms with van der Waals surface area (Å²) in [6.07, 6.45) is 3.62. The first kappa shape index (κ1) is 41.8. The molecule has 6 heteroatoms. The second-order valence-corrected chi connectivity index (χ2v) is 20.2. The quantitative estimate of drug-likeness (QED) is 0.123. The third-order valence-electron chi connectivity index (χ3n) is 10.00. The standard InChI is InChI=1S/C33H35N2.C11H9N.C7H6.2ClH.Ru/c1-22-17-24(3)30(25(4)18-22)34-21-35(31-26(5)19-23(2)20-27(31)6)33(29-15-11-8-12-16-29)32(34)28-13-9-7-10-14-28;1-2-4-10(5-3-1)11-6-8-12-9-7-11;1-7-5-3-2-4-6-7;;;/h7-21,32-33H,1-6H3;1-9H;1-6H;2*1H;/q-1;;;;;+2/p-2. The average molecular weight is 877 g/mol. The van der Waals surface area contributed by atoms with E-state index in [1.807, 2.05) is 77.7 Å². The van der Waals surface area contributed by atoms with Gasteiger partial charge in [-0.3, -0.25) is 4.98 Å². The van der Waals surface area contributed by atoms with Gasteiger partial charge in [0.15, 0.2) is 0 Å². The molecule has 0 amide bonds. The molecule has 0 bridgehead atoms. The van der Waals surface area contributed by atoms with E-state index in [0.29, 0.717) is 0 Å². The maximum absolute atomic E-state index is 5.67. The fourth-order valence-corrected chi connectivity index (χ4v) is 9.73.